The molecular formula is C15H26N4O. The first-order valence-electron chi connectivity index (χ1n) is 7.66. The van der Waals surface area contributed by atoms with Crippen LogP contribution in [-0.4, -0.2) is 41.7 Å². The third-order valence-electron chi connectivity index (χ3n) is 3.38. The summed E-state index contributed by atoms with van der Waals surface area (Å²) in [5.41, 5.74) is 0. The molecule has 1 N–H and O–H groups in total. The average molecular weight is 278 g/mol. The quantitative estimate of drug-likeness (QED) is 0.829. The smallest absolute Gasteiger partial charge is 0.234 e. The molecule has 0 aliphatic carbocycles. The van der Waals surface area contributed by atoms with Gasteiger partial charge in [0.15, 0.2) is 5.82 Å². The van der Waals surface area contributed by atoms with Crippen molar-refractivity contribution in [2.45, 2.75) is 52.2 Å². The van der Waals surface area contributed by atoms with Gasteiger partial charge in [-0.3, -0.25) is 4.98 Å². The lowest BCUT2D eigenvalue weighted by Gasteiger charge is -2.26. The number of anilines is 1. The van der Waals surface area contributed by atoms with Crippen LogP contribution >= 0.6 is 0 Å². The van der Waals surface area contributed by atoms with Gasteiger partial charge in [0.25, 0.3) is 0 Å². The van der Waals surface area contributed by atoms with E-state index in [1.807, 2.05) is 20.0 Å². The van der Waals surface area contributed by atoms with E-state index in [4.69, 9.17) is 4.74 Å². The molecule has 5 heteroatoms. The predicted octanol–water partition coefficient (Wildman–Crippen LogP) is 2.23. The first kappa shape index (κ1) is 15.0. The van der Waals surface area contributed by atoms with Crippen LogP contribution in [-0.2, 0) is 0 Å². The Morgan fingerprint density at radius 3 is 2.95 bits per heavy atom. The molecule has 0 saturated carbocycles. The highest BCUT2D eigenvalue weighted by Crippen LogP contribution is 2.17. The maximum Gasteiger partial charge on any atom is 0.234 e. The van der Waals surface area contributed by atoms with Gasteiger partial charge in [-0.15, -0.1) is 0 Å². The third kappa shape index (κ3) is 4.34. The predicted molar refractivity (Wildman–Crippen MR) is 81.3 cm³/mol. The third-order valence-corrected chi connectivity index (χ3v) is 3.38. The molecule has 0 bridgehead atoms. The number of rotatable bonds is 7. The monoisotopic (exact) mass is 278 g/mol. The van der Waals surface area contributed by atoms with Crippen LogP contribution < -0.4 is 15.0 Å². The Balaban J connectivity index is 2.06. The molecule has 20 heavy (non-hydrogen) atoms. The molecule has 0 aromatic carbocycles. The van der Waals surface area contributed by atoms with Gasteiger partial charge in [0, 0.05) is 19.1 Å². The van der Waals surface area contributed by atoms with E-state index in [1.54, 1.807) is 6.20 Å². The van der Waals surface area contributed by atoms with Crippen LogP contribution in [0.4, 0.5) is 5.82 Å². The van der Waals surface area contributed by atoms with E-state index < -0.39 is 0 Å². The zero-order chi connectivity index (χ0) is 14.4. The Morgan fingerprint density at radius 1 is 1.45 bits per heavy atom. The molecule has 1 aliphatic heterocycles. The van der Waals surface area contributed by atoms with Crippen molar-refractivity contribution in [1.82, 2.24) is 15.3 Å². The zero-order valence-corrected chi connectivity index (χ0v) is 12.8. The molecule has 1 unspecified atom stereocenters. The van der Waals surface area contributed by atoms with Crippen LogP contribution in [0, 0.1) is 0 Å². The van der Waals surface area contributed by atoms with Gasteiger partial charge >= 0.3 is 0 Å². The maximum absolute atomic E-state index is 5.64. The molecule has 0 amide bonds. The van der Waals surface area contributed by atoms with Crippen LogP contribution in [0.5, 0.6) is 5.88 Å². The number of hydrogen-bond donors (Lipinski definition) is 1. The molecule has 1 aromatic heterocycles. The van der Waals surface area contributed by atoms with E-state index in [0.29, 0.717) is 11.9 Å². The first-order valence-corrected chi connectivity index (χ1v) is 7.66. The largest absolute Gasteiger partial charge is 0.474 e. The minimum atomic E-state index is 0.121. The number of nitrogens with one attached hydrogen (secondary N) is 1. The normalized spacial score (nSPS) is 18.5. The highest BCUT2D eigenvalue weighted by Gasteiger charge is 2.19. The first-order chi connectivity index (χ1) is 9.69. The van der Waals surface area contributed by atoms with Crippen LogP contribution in [0.1, 0.15) is 40.0 Å². The van der Waals surface area contributed by atoms with Crippen molar-refractivity contribution in [3.05, 3.63) is 12.4 Å². The molecule has 1 saturated heterocycles. The van der Waals surface area contributed by atoms with Crippen LogP contribution in [0.25, 0.3) is 0 Å². The molecule has 1 atom stereocenters. The molecule has 1 aliphatic rings. The lowest BCUT2D eigenvalue weighted by Crippen LogP contribution is -2.38. The molecular weight excluding hydrogens is 252 g/mol. The Kier molecular flexibility index (Phi) is 5.59. The Hall–Kier alpha value is -1.36. The topological polar surface area (TPSA) is 50.3 Å². The fourth-order valence-electron chi connectivity index (χ4n) is 2.54. The minimum absolute atomic E-state index is 0.121. The van der Waals surface area contributed by atoms with Gasteiger partial charge in [0.1, 0.15) is 0 Å². The molecule has 0 radical (unpaired) electrons. The summed E-state index contributed by atoms with van der Waals surface area (Å²) >= 11 is 0. The summed E-state index contributed by atoms with van der Waals surface area (Å²) in [5.74, 6) is 1.52. The lowest BCUT2D eigenvalue weighted by molar-refractivity contribution is 0.231. The highest BCUT2D eigenvalue weighted by molar-refractivity contribution is 5.37. The summed E-state index contributed by atoms with van der Waals surface area (Å²) in [6.45, 7) is 9.32. The highest BCUT2D eigenvalue weighted by atomic mass is 16.5. The lowest BCUT2D eigenvalue weighted by atomic mass is 10.2. The van der Waals surface area contributed by atoms with E-state index in [1.165, 1.54) is 12.8 Å². The van der Waals surface area contributed by atoms with Crippen molar-refractivity contribution < 1.29 is 4.74 Å². The second-order valence-corrected chi connectivity index (χ2v) is 5.62. The Morgan fingerprint density at radius 2 is 2.30 bits per heavy atom. The zero-order valence-electron chi connectivity index (χ0n) is 12.8. The van der Waals surface area contributed by atoms with Crippen molar-refractivity contribution in [3.8, 4) is 5.88 Å². The fourth-order valence-corrected chi connectivity index (χ4v) is 2.54. The summed E-state index contributed by atoms with van der Waals surface area (Å²) < 4.78 is 5.64. The van der Waals surface area contributed by atoms with Gasteiger partial charge in [-0.05, 0) is 39.7 Å². The minimum Gasteiger partial charge on any atom is -0.474 e. The number of nitrogens with zero attached hydrogens (tertiary/aromatic N) is 3. The summed E-state index contributed by atoms with van der Waals surface area (Å²) in [6, 6.07) is 0.568. The molecule has 2 heterocycles. The Labute approximate surface area is 121 Å². The van der Waals surface area contributed by atoms with E-state index in [2.05, 4.69) is 27.1 Å². The second kappa shape index (κ2) is 7.43. The Bertz CT molecular complexity index is 405. The molecule has 2 rings (SSSR count). The van der Waals surface area contributed by atoms with Gasteiger partial charge in [-0.1, -0.05) is 6.92 Å². The molecule has 1 fully saturated rings. The van der Waals surface area contributed by atoms with Crippen molar-refractivity contribution in [3.63, 3.8) is 0 Å². The molecule has 112 valence electrons. The van der Waals surface area contributed by atoms with Crippen LogP contribution in [0.3, 0.4) is 0 Å². The SMILES string of the molecule is CCCN(CC1CCCN1)c1cncc(OC(C)C)n1. The standard InChI is InChI=1S/C15H26N4O/c1-4-8-19(11-13-6-5-7-17-13)14-9-16-10-15(18-14)20-12(2)3/h9-10,12-13,17H,4-8,11H2,1-3H3. The van der Waals surface area contributed by atoms with E-state index in [-0.39, 0.29) is 6.10 Å². The van der Waals surface area contributed by atoms with Crippen LogP contribution in [0.15, 0.2) is 12.4 Å². The van der Waals surface area contributed by atoms with Gasteiger partial charge < -0.3 is 15.0 Å². The number of hydrogen-bond acceptors (Lipinski definition) is 5. The van der Waals surface area contributed by atoms with Gasteiger partial charge in [-0.2, -0.15) is 4.98 Å². The van der Waals surface area contributed by atoms with Crippen molar-refractivity contribution >= 4 is 5.82 Å². The summed E-state index contributed by atoms with van der Waals surface area (Å²) in [7, 11) is 0. The fraction of sp³-hybridized carbons (Fsp3) is 0.733. The molecule has 0 spiro atoms. The summed E-state index contributed by atoms with van der Waals surface area (Å²) in [4.78, 5) is 11.2. The van der Waals surface area contributed by atoms with Crippen molar-refractivity contribution in [2.24, 2.45) is 0 Å². The van der Waals surface area contributed by atoms with Crippen molar-refractivity contribution in [1.29, 1.82) is 0 Å². The summed E-state index contributed by atoms with van der Waals surface area (Å²) in [5, 5.41) is 3.54. The number of ether oxygens (including phenoxy) is 1. The van der Waals surface area contributed by atoms with E-state index in [9.17, 15) is 0 Å². The van der Waals surface area contributed by atoms with Crippen molar-refractivity contribution in [2.75, 3.05) is 24.5 Å². The van der Waals surface area contributed by atoms with Crippen LogP contribution in [0.2, 0.25) is 0 Å². The molecule has 1 aromatic rings. The maximum atomic E-state index is 5.64. The van der Waals surface area contributed by atoms with E-state index in [0.717, 1.165) is 31.9 Å². The van der Waals surface area contributed by atoms with Gasteiger partial charge in [-0.25, -0.2) is 0 Å². The number of aromatic nitrogens is 2. The van der Waals surface area contributed by atoms with Gasteiger partial charge in [0.2, 0.25) is 5.88 Å². The second-order valence-electron chi connectivity index (χ2n) is 5.62. The van der Waals surface area contributed by atoms with E-state index >= 15 is 0 Å². The van der Waals surface area contributed by atoms with Gasteiger partial charge in [0.05, 0.1) is 18.5 Å². The molecule has 5 nitrogen and oxygen atoms in total. The summed E-state index contributed by atoms with van der Waals surface area (Å²) in [6.07, 6.45) is 7.25. The average Bonchev–Trinajstić information content (AvgIpc) is 2.91.